The fourth-order valence-corrected chi connectivity index (χ4v) is 6.49. The van der Waals surface area contributed by atoms with Gasteiger partial charge < -0.3 is 14.2 Å². The first-order chi connectivity index (χ1) is 13.7. The zero-order valence-corrected chi connectivity index (χ0v) is 18.4. The third kappa shape index (κ3) is 6.06. The van der Waals surface area contributed by atoms with Crippen LogP contribution in [0, 0.1) is 0 Å². The molecule has 3 aromatic carbocycles. The van der Waals surface area contributed by atoms with E-state index in [9.17, 15) is 0 Å². The summed E-state index contributed by atoms with van der Waals surface area (Å²) >= 11 is 5.48. The van der Waals surface area contributed by atoms with Crippen LogP contribution in [0.2, 0.25) is 0 Å². The van der Waals surface area contributed by atoms with Crippen LogP contribution in [0.15, 0.2) is 87.5 Å². The van der Waals surface area contributed by atoms with Gasteiger partial charge in [0.1, 0.15) is 21.2 Å². The minimum atomic E-state index is 0.246. The molecule has 28 heavy (non-hydrogen) atoms. The molecule has 0 radical (unpaired) electrons. The van der Waals surface area contributed by atoms with E-state index in [1.807, 2.05) is 71.7 Å². The molecule has 0 aliphatic rings. The number of rotatable bonds is 9. The molecular weight excluding hydrogens is 408 g/mol. The molecule has 3 rings (SSSR count). The number of hydrogen-bond donors (Lipinski definition) is 0. The standard InChI is InChI=1S/C22H22O3S3/c1-23-16-4-10-19(11-5-16)26-22(27-20-12-6-17(24-2)7-13-20)28-21-14-8-18(25-3)9-15-21/h4-15,22H,1-3H3. The van der Waals surface area contributed by atoms with Crippen LogP contribution in [0.1, 0.15) is 0 Å². The minimum Gasteiger partial charge on any atom is -0.497 e. The van der Waals surface area contributed by atoms with Crippen LogP contribution in [-0.2, 0) is 0 Å². The molecule has 0 saturated carbocycles. The van der Waals surface area contributed by atoms with Gasteiger partial charge in [0, 0.05) is 14.7 Å². The van der Waals surface area contributed by atoms with Gasteiger partial charge in [-0.05, 0) is 72.8 Å². The maximum Gasteiger partial charge on any atom is 0.118 e. The van der Waals surface area contributed by atoms with Gasteiger partial charge in [-0.3, -0.25) is 0 Å². The number of ether oxygens (including phenoxy) is 3. The van der Waals surface area contributed by atoms with Gasteiger partial charge >= 0.3 is 0 Å². The Bertz CT molecular complexity index is 732. The molecule has 0 unspecified atom stereocenters. The highest BCUT2D eigenvalue weighted by Gasteiger charge is 2.15. The predicted octanol–water partition coefficient (Wildman–Crippen LogP) is 6.67. The molecule has 0 bridgehead atoms. The molecule has 0 aliphatic heterocycles. The average Bonchev–Trinajstić information content (AvgIpc) is 2.75. The Hall–Kier alpha value is -1.89. The van der Waals surface area contributed by atoms with Crippen molar-refractivity contribution in [2.75, 3.05) is 21.3 Å². The summed E-state index contributed by atoms with van der Waals surface area (Å²) in [5.74, 6) is 2.60. The molecule has 3 aromatic rings. The van der Waals surface area contributed by atoms with Crippen molar-refractivity contribution in [1.29, 1.82) is 0 Å². The topological polar surface area (TPSA) is 27.7 Å². The summed E-state index contributed by atoms with van der Waals surface area (Å²) in [5, 5.41) is 0. The molecule has 0 atom stereocenters. The van der Waals surface area contributed by atoms with Gasteiger partial charge in [-0.25, -0.2) is 0 Å². The van der Waals surface area contributed by atoms with E-state index in [2.05, 4.69) is 36.4 Å². The van der Waals surface area contributed by atoms with Crippen LogP contribution in [0.4, 0.5) is 0 Å². The zero-order chi connectivity index (χ0) is 19.8. The lowest BCUT2D eigenvalue weighted by Crippen LogP contribution is -1.92. The maximum absolute atomic E-state index is 5.27. The first-order valence-corrected chi connectivity index (χ1v) is 11.3. The molecule has 0 spiro atoms. The Kier molecular flexibility index (Phi) is 7.89. The van der Waals surface area contributed by atoms with Crippen molar-refractivity contribution in [3.8, 4) is 17.2 Å². The molecule has 6 heteroatoms. The van der Waals surface area contributed by atoms with Crippen molar-refractivity contribution in [1.82, 2.24) is 0 Å². The second kappa shape index (κ2) is 10.6. The number of hydrogen-bond acceptors (Lipinski definition) is 6. The first-order valence-electron chi connectivity index (χ1n) is 8.62. The third-order valence-corrected chi connectivity index (χ3v) is 7.82. The van der Waals surface area contributed by atoms with Crippen LogP contribution in [0.3, 0.4) is 0 Å². The van der Waals surface area contributed by atoms with E-state index in [1.54, 1.807) is 21.3 Å². The molecule has 0 N–H and O–H groups in total. The fraction of sp³-hybridized carbons (Fsp3) is 0.182. The van der Waals surface area contributed by atoms with Crippen molar-refractivity contribution in [2.45, 2.75) is 18.6 Å². The lowest BCUT2D eigenvalue weighted by atomic mass is 10.3. The molecular formula is C22H22O3S3. The third-order valence-electron chi connectivity index (χ3n) is 3.88. The summed E-state index contributed by atoms with van der Waals surface area (Å²) in [6, 6.07) is 24.6. The smallest absolute Gasteiger partial charge is 0.118 e. The van der Waals surface area contributed by atoms with E-state index in [0.29, 0.717) is 0 Å². The minimum absolute atomic E-state index is 0.246. The van der Waals surface area contributed by atoms with Gasteiger partial charge in [0.15, 0.2) is 0 Å². The van der Waals surface area contributed by atoms with Gasteiger partial charge in [-0.15, -0.1) is 0 Å². The van der Waals surface area contributed by atoms with Crippen LogP contribution < -0.4 is 14.2 Å². The molecule has 0 saturated heterocycles. The summed E-state index contributed by atoms with van der Waals surface area (Å²) in [6.07, 6.45) is 0. The SMILES string of the molecule is COc1ccc(SC(Sc2ccc(OC)cc2)Sc2ccc(OC)cc2)cc1. The van der Waals surface area contributed by atoms with E-state index in [-0.39, 0.29) is 3.91 Å². The highest BCUT2D eigenvalue weighted by molar-refractivity contribution is 8.32. The lowest BCUT2D eigenvalue weighted by molar-refractivity contribution is 0.414. The summed E-state index contributed by atoms with van der Waals surface area (Å²) in [4.78, 5) is 3.61. The van der Waals surface area contributed by atoms with Crippen LogP contribution >= 0.6 is 35.3 Å². The Morgan fingerprint density at radius 3 is 0.929 bits per heavy atom. The number of methoxy groups -OCH3 is 3. The van der Waals surface area contributed by atoms with E-state index in [0.717, 1.165) is 17.2 Å². The van der Waals surface area contributed by atoms with E-state index in [1.165, 1.54) is 14.7 Å². The van der Waals surface area contributed by atoms with Crippen molar-refractivity contribution in [3.63, 3.8) is 0 Å². The van der Waals surface area contributed by atoms with Crippen LogP contribution in [-0.4, -0.2) is 25.2 Å². The fourth-order valence-electron chi connectivity index (χ4n) is 2.37. The molecule has 0 heterocycles. The Morgan fingerprint density at radius 2 is 0.714 bits per heavy atom. The summed E-state index contributed by atoms with van der Waals surface area (Å²) in [5.41, 5.74) is 0. The van der Waals surface area contributed by atoms with Gasteiger partial charge in [0.05, 0.1) is 21.3 Å². The maximum atomic E-state index is 5.27. The number of benzene rings is 3. The van der Waals surface area contributed by atoms with Crippen molar-refractivity contribution < 1.29 is 14.2 Å². The summed E-state index contributed by atoms with van der Waals surface area (Å²) in [7, 11) is 5.05. The largest absolute Gasteiger partial charge is 0.497 e. The predicted molar refractivity (Wildman–Crippen MR) is 120 cm³/mol. The molecule has 0 aliphatic carbocycles. The molecule has 0 fully saturated rings. The Balaban J connectivity index is 1.76. The second-order valence-corrected chi connectivity index (χ2v) is 10.1. The second-order valence-electron chi connectivity index (χ2n) is 5.67. The first kappa shape index (κ1) is 20.8. The molecule has 146 valence electrons. The highest BCUT2D eigenvalue weighted by Crippen LogP contribution is 2.45. The van der Waals surface area contributed by atoms with E-state index in [4.69, 9.17) is 14.2 Å². The Morgan fingerprint density at radius 1 is 0.464 bits per heavy atom. The average molecular weight is 431 g/mol. The normalized spacial score (nSPS) is 10.7. The monoisotopic (exact) mass is 430 g/mol. The molecule has 0 aromatic heterocycles. The van der Waals surface area contributed by atoms with Crippen molar-refractivity contribution in [3.05, 3.63) is 72.8 Å². The highest BCUT2D eigenvalue weighted by atomic mass is 32.3. The van der Waals surface area contributed by atoms with Crippen LogP contribution in [0.25, 0.3) is 0 Å². The van der Waals surface area contributed by atoms with Crippen molar-refractivity contribution >= 4 is 35.3 Å². The Labute approximate surface area is 179 Å². The van der Waals surface area contributed by atoms with Crippen molar-refractivity contribution in [2.24, 2.45) is 0 Å². The molecule has 3 nitrogen and oxygen atoms in total. The molecule has 0 amide bonds. The van der Waals surface area contributed by atoms with Crippen LogP contribution in [0.5, 0.6) is 17.2 Å². The van der Waals surface area contributed by atoms with Gasteiger partial charge in [0.2, 0.25) is 0 Å². The van der Waals surface area contributed by atoms with Gasteiger partial charge in [-0.2, -0.15) is 0 Å². The summed E-state index contributed by atoms with van der Waals surface area (Å²) < 4.78 is 16.0. The lowest BCUT2D eigenvalue weighted by Gasteiger charge is -2.17. The van der Waals surface area contributed by atoms with E-state index >= 15 is 0 Å². The number of thioether (sulfide) groups is 3. The van der Waals surface area contributed by atoms with Gasteiger partial charge in [0.25, 0.3) is 0 Å². The van der Waals surface area contributed by atoms with Gasteiger partial charge in [-0.1, -0.05) is 35.3 Å². The quantitative estimate of drug-likeness (QED) is 0.278. The summed E-state index contributed by atoms with van der Waals surface area (Å²) in [6.45, 7) is 0. The zero-order valence-electron chi connectivity index (χ0n) is 16.0. The van der Waals surface area contributed by atoms with E-state index < -0.39 is 0 Å².